The predicted molar refractivity (Wildman–Crippen MR) is 128 cm³/mol. The van der Waals surface area contributed by atoms with Crippen LogP contribution < -0.4 is 4.74 Å². The molecule has 3 rings (SSSR count). The molecule has 6 nitrogen and oxygen atoms in total. The van der Waals surface area contributed by atoms with E-state index in [-0.39, 0.29) is 5.60 Å². The average molecular weight is 450 g/mol. The van der Waals surface area contributed by atoms with E-state index in [1.165, 1.54) is 11.1 Å². The van der Waals surface area contributed by atoms with Crippen molar-refractivity contribution in [3.05, 3.63) is 41.3 Å². The molecular weight excluding hydrogens is 410 g/mol. The lowest BCUT2D eigenvalue weighted by atomic mass is 10.0. The molecule has 1 fully saturated rings. The van der Waals surface area contributed by atoms with Gasteiger partial charge in [0.1, 0.15) is 11.4 Å². The Morgan fingerprint density at radius 2 is 1.90 bits per heavy atom. The Kier molecular flexibility index (Phi) is 8.95. The Bertz CT molecular complexity index is 727. The fourth-order valence-electron chi connectivity index (χ4n) is 4.06. The third-order valence-corrected chi connectivity index (χ3v) is 6.17. The lowest BCUT2D eigenvalue weighted by Gasteiger charge is -2.38. The van der Waals surface area contributed by atoms with Gasteiger partial charge in [-0.05, 0) is 69.4 Å². The zero-order valence-corrected chi connectivity index (χ0v) is 20.4. The number of nitrogens with zero attached hydrogens (tertiary/aromatic N) is 3. The molecule has 0 atom stereocenters. The third kappa shape index (κ3) is 7.59. The molecule has 0 radical (unpaired) electrons. The molecule has 0 aromatic heterocycles. The van der Waals surface area contributed by atoms with Crippen LogP contribution in [-0.2, 0) is 17.7 Å². The maximum Gasteiger partial charge on any atom is 0.185 e. The van der Waals surface area contributed by atoms with Gasteiger partial charge in [0.15, 0.2) is 5.88 Å². The number of hydrogen-bond acceptors (Lipinski definition) is 7. The first kappa shape index (κ1) is 24.2. The van der Waals surface area contributed by atoms with Crippen LogP contribution in [0.3, 0.4) is 0 Å². The van der Waals surface area contributed by atoms with Gasteiger partial charge in [0.25, 0.3) is 0 Å². The van der Waals surface area contributed by atoms with Gasteiger partial charge >= 0.3 is 0 Å². The van der Waals surface area contributed by atoms with E-state index >= 15 is 0 Å². The quantitative estimate of drug-likeness (QED) is 0.255. The minimum atomic E-state index is -0.163. The van der Waals surface area contributed by atoms with E-state index in [0.717, 1.165) is 95.5 Å². The monoisotopic (exact) mass is 449 g/mol. The second-order valence-electron chi connectivity index (χ2n) is 9.32. The molecule has 0 aliphatic carbocycles. The highest BCUT2D eigenvalue weighted by molar-refractivity contribution is 7.91. The molecule has 1 saturated heterocycles. The van der Waals surface area contributed by atoms with Gasteiger partial charge in [0.2, 0.25) is 0 Å². The molecular formula is C24H39N3O3S. The van der Waals surface area contributed by atoms with E-state index in [2.05, 4.69) is 61.8 Å². The second-order valence-corrected chi connectivity index (χ2v) is 10.0. The van der Waals surface area contributed by atoms with E-state index in [1.54, 1.807) is 0 Å². The molecule has 174 valence electrons. The largest absolute Gasteiger partial charge is 0.494 e. The van der Waals surface area contributed by atoms with E-state index in [1.807, 2.05) is 4.31 Å². The van der Waals surface area contributed by atoms with Crippen molar-refractivity contribution in [2.24, 2.45) is 0 Å². The number of piperazine rings is 1. The Morgan fingerprint density at radius 3 is 2.58 bits per heavy atom. The predicted octanol–water partition coefficient (Wildman–Crippen LogP) is 4.62. The topological polar surface area (TPSA) is 48.4 Å². The normalized spacial score (nSPS) is 18.7. The summed E-state index contributed by atoms with van der Waals surface area (Å²) >= 11 is 0.834. The Morgan fingerprint density at radius 1 is 1.13 bits per heavy atom. The van der Waals surface area contributed by atoms with Crippen LogP contribution in [-0.4, -0.2) is 70.1 Å². The molecule has 31 heavy (non-hydrogen) atoms. The van der Waals surface area contributed by atoms with Crippen molar-refractivity contribution in [2.75, 3.05) is 45.9 Å². The lowest BCUT2D eigenvalue weighted by Crippen LogP contribution is -2.47. The van der Waals surface area contributed by atoms with Gasteiger partial charge in [-0.15, -0.1) is 0 Å². The highest BCUT2D eigenvalue weighted by atomic mass is 32.2. The van der Waals surface area contributed by atoms with Crippen LogP contribution >= 0.6 is 12.2 Å². The molecule has 1 aromatic rings. The van der Waals surface area contributed by atoms with Crippen LogP contribution in [0.15, 0.2) is 30.2 Å². The number of allylic oxidation sites excluding steroid dienone is 1. The molecule has 2 aliphatic heterocycles. The summed E-state index contributed by atoms with van der Waals surface area (Å²) in [6.07, 6.45) is 5.18. The van der Waals surface area contributed by atoms with Gasteiger partial charge in [0, 0.05) is 45.8 Å². The maximum atomic E-state index is 9.23. The van der Waals surface area contributed by atoms with E-state index in [4.69, 9.17) is 9.47 Å². The van der Waals surface area contributed by atoms with Crippen molar-refractivity contribution in [1.82, 2.24) is 14.1 Å². The smallest absolute Gasteiger partial charge is 0.185 e. The SMILES string of the molecule is CC/C=C(/OC(C)(C)C)N1CCN(CCCOc2ccc3c(c2)CCN(SO)C3)CC1. The fraction of sp³-hybridized carbons (Fsp3) is 0.667. The number of benzene rings is 1. The van der Waals surface area contributed by atoms with Gasteiger partial charge in [-0.3, -0.25) is 4.90 Å². The highest BCUT2D eigenvalue weighted by Crippen LogP contribution is 2.26. The highest BCUT2D eigenvalue weighted by Gasteiger charge is 2.23. The molecule has 1 aromatic carbocycles. The standard InChI is InChI=1S/C24H39N3O3S/c1-5-7-23(30-24(2,3)4)26-15-13-25(14-16-26)11-6-17-29-22-9-8-21-19-27(31-28)12-10-20(21)18-22/h7-9,18,28H,5-6,10-17,19H2,1-4H3/b23-7+. The van der Waals surface area contributed by atoms with Crippen LogP contribution in [0.4, 0.5) is 0 Å². The van der Waals surface area contributed by atoms with Gasteiger partial charge < -0.3 is 18.9 Å². The van der Waals surface area contributed by atoms with E-state index in [0.29, 0.717) is 0 Å². The molecule has 0 spiro atoms. The maximum absolute atomic E-state index is 9.23. The van der Waals surface area contributed by atoms with Gasteiger partial charge in [0.05, 0.1) is 18.8 Å². The number of rotatable bonds is 9. The van der Waals surface area contributed by atoms with Crippen molar-refractivity contribution >= 4 is 12.2 Å². The molecule has 0 unspecified atom stereocenters. The summed E-state index contributed by atoms with van der Waals surface area (Å²) in [5.74, 6) is 1.99. The van der Waals surface area contributed by atoms with Crippen molar-refractivity contribution in [3.8, 4) is 5.75 Å². The third-order valence-electron chi connectivity index (χ3n) is 5.63. The molecule has 0 saturated carbocycles. The van der Waals surface area contributed by atoms with Gasteiger partial charge in [-0.1, -0.05) is 13.0 Å². The van der Waals surface area contributed by atoms with E-state index in [9.17, 15) is 4.55 Å². The van der Waals surface area contributed by atoms with E-state index < -0.39 is 0 Å². The number of fused-ring (bicyclic) bond motifs is 1. The minimum absolute atomic E-state index is 0.163. The van der Waals surface area contributed by atoms with Crippen molar-refractivity contribution in [2.45, 2.75) is 59.1 Å². The summed E-state index contributed by atoms with van der Waals surface area (Å²) in [4.78, 5) is 4.90. The van der Waals surface area contributed by atoms with Crippen molar-refractivity contribution < 1.29 is 14.0 Å². The summed E-state index contributed by atoms with van der Waals surface area (Å²) in [6.45, 7) is 16.1. The van der Waals surface area contributed by atoms with Crippen LogP contribution in [0.25, 0.3) is 0 Å². The second kappa shape index (κ2) is 11.5. The lowest BCUT2D eigenvalue weighted by molar-refractivity contribution is -0.0118. The van der Waals surface area contributed by atoms with Crippen molar-refractivity contribution in [1.29, 1.82) is 0 Å². The van der Waals surface area contributed by atoms with Crippen LogP contribution in [0.5, 0.6) is 5.75 Å². The van der Waals surface area contributed by atoms with Gasteiger partial charge in [-0.25, -0.2) is 4.31 Å². The van der Waals surface area contributed by atoms with Crippen LogP contribution in [0, 0.1) is 0 Å². The van der Waals surface area contributed by atoms with Crippen LogP contribution in [0.1, 0.15) is 51.7 Å². The first-order valence-electron chi connectivity index (χ1n) is 11.6. The summed E-state index contributed by atoms with van der Waals surface area (Å²) in [5, 5.41) is 0. The van der Waals surface area contributed by atoms with Crippen LogP contribution in [0.2, 0.25) is 0 Å². The van der Waals surface area contributed by atoms with Gasteiger partial charge in [-0.2, -0.15) is 0 Å². The summed E-state index contributed by atoms with van der Waals surface area (Å²) in [7, 11) is 0. The molecule has 2 aliphatic rings. The molecule has 7 heteroatoms. The minimum Gasteiger partial charge on any atom is -0.494 e. The molecule has 0 amide bonds. The average Bonchev–Trinajstić information content (AvgIpc) is 2.75. The summed E-state index contributed by atoms with van der Waals surface area (Å²) in [5.41, 5.74) is 2.46. The van der Waals surface area contributed by atoms with Crippen molar-refractivity contribution in [3.63, 3.8) is 0 Å². The Hall–Kier alpha value is -1.41. The molecule has 0 bridgehead atoms. The number of ether oxygens (including phenoxy) is 2. The zero-order valence-electron chi connectivity index (χ0n) is 19.6. The Balaban J connectivity index is 1.37. The number of hydrogen-bond donors (Lipinski definition) is 1. The molecule has 2 heterocycles. The zero-order chi connectivity index (χ0) is 22.3. The Labute approximate surface area is 192 Å². The summed E-state index contributed by atoms with van der Waals surface area (Å²) < 4.78 is 23.4. The molecule has 1 N–H and O–H groups in total. The fourth-order valence-corrected chi connectivity index (χ4v) is 4.43. The first-order valence-corrected chi connectivity index (χ1v) is 12.3. The first-order chi connectivity index (χ1) is 14.9. The summed E-state index contributed by atoms with van der Waals surface area (Å²) in [6, 6.07) is 6.36.